The van der Waals surface area contributed by atoms with E-state index in [0.717, 1.165) is 7.11 Å². The number of carbonyl (C=O) groups is 2. The molecule has 1 amide bonds. The summed E-state index contributed by atoms with van der Waals surface area (Å²) in [5.74, 6) is -0.966. The molecule has 0 saturated carbocycles. The number of alkyl carbamates (subject to hydrolysis) is 1. The van der Waals surface area contributed by atoms with E-state index in [1.165, 1.54) is 24.3 Å². The van der Waals surface area contributed by atoms with Gasteiger partial charge in [0.05, 0.1) is 17.6 Å². The highest BCUT2D eigenvalue weighted by molar-refractivity contribution is 5.82. The molecule has 0 radical (unpaired) electrons. The summed E-state index contributed by atoms with van der Waals surface area (Å²) in [5.41, 5.74) is -1.34. The molecule has 0 heterocycles. The van der Waals surface area contributed by atoms with Gasteiger partial charge in [-0.1, -0.05) is 12.1 Å². The number of methoxy groups -OCH3 is 1. The number of hydrogen-bond acceptors (Lipinski definition) is 7. The van der Waals surface area contributed by atoms with Gasteiger partial charge < -0.3 is 19.9 Å². The Morgan fingerprint density at radius 3 is 2.38 bits per heavy atom. The highest BCUT2D eigenvalue weighted by Gasteiger charge is 2.35. The lowest BCUT2D eigenvalue weighted by Gasteiger charge is -2.25. The van der Waals surface area contributed by atoms with Crippen LogP contribution in [-0.4, -0.2) is 40.8 Å². The van der Waals surface area contributed by atoms with E-state index in [1.807, 2.05) is 0 Å². The summed E-state index contributed by atoms with van der Waals surface area (Å²) in [6.45, 7) is 4.87. The van der Waals surface area contributed by atoms with Crippen LogP contribution in [0, 0.1) is 10.1 Å². The predicted octanol–water partition coefficient (Wildman–Crippen LogP) is 1.69. The van der Waals surface area contributed by atoms with E-state index in [2.05, 4.69) is 10.1 Å². The summed E-state index contributed by atoms with van der Waals surface area (Å²) in [5, 5.41) is 23.6. The van der Waals surface area contributed by atoms with Crippen LogP contribution in [0.2, 0.25) is 0 Å². The second-order valence-electron chi connectivity index (χ2n) is 5.91. The summed E-state index contributed by atoms with van der Waals surface area (Å²) in [4.78, 5) is 34.1. The van der Waals surface area contributed by atoms with Gasteiger partial charge in [0.2, 0.25) is 0 Å². The van der Waals surface area contributed by atoms with Crippen LogP contribution in [0.4, 0.5) is 10.5 Å². The molecule has 0 unspecified atom stereocenters. The van der Waals surface area contributed by atoms with Crippen molar-refractivity contribution in [3.8, 4) is 0 Å². The molecule has 0 spiro atoms. The smallest absolute Gasteiger partial charge is 0.408 e. The fourth-order valence-corrected chi connectivity index (χ4v) is 1.91. The molecular weight excluding hydrogens is 320 g/mol. The monoisotopic (exact) mass is 340 g/mol. The largest absolute Gasteiger partial charge is 0.467 e. The predicted molar refractivity (Wildman–Crippen MR) is 83.2 cm³/mol. The second kappa shape index (κ2) is 7.73. The molecule has 0 bridgehead atoms. The lowest BCUT2D eigenvalue weighted by atomic mass is 10.0. The number of benzene rings is 1. The minimum Gasteiger partial charge on any atom is -0.467 e. The van der Waals surface area contributed by atoms with Gasteiger partial charge in [0.25, 0.3) is 5.69 Å². The van der Waals surface area contributed by atoms with Gasteiger partial charge in [0, 0.05) is 6.07 Å². The van der Waals surface area contributed by atoms with Gasteiger partial charge in [-0.15, -0.1) is 0 Å². The number of nitrogens with one attached hydrogen (secondary N) is 1. The maximum atomic E-state index is 11.9. The summed E-state index contributed by atoms with van der Waals surface area (Å²) in [6, 6.07) is 3.79. The molecule has 9 heteroatoms. The van der Waals surface area contributed by atoms with Crippen molar-refractivity contribution >= 4 is 17.7 Å². The Bertz CT molecular complexity index is 624. The average Bonchev–Trinajstić information content (AvgIpc) is 2.49. The minimum absolute atomic E-state index is 0.131. The fraction of sp³-hybridized carbons (Fsp3) is 0.467. The van der Waals surface area contributed by atoms with Crippen LogP contribution in [0.5, 0.6) is 0 Å². The Morgan fingerprint density at radius 2 is 1.88 bits per heavy atom. The van der Waals surface area contributed by atoms with Gasteiger partial charge in [0.15, 0.2) is 6.04 Å². The molecule has 0 aromatic heterocycles. The van der Waals surface area contributed by atoms with Crippen molar-refractivity contribution in [1.82, 2.24) is 5.32 Å². The molecule has 24 heavy (non-hydrogen) atoms. The summed E-state index contributed by atoms with van der Waals surface area (Å²) in [7, 11) is 1.07. The standard InChI is InChI=1S/C15H20N2O7/c1-15(2,3)24-14(20)16-11(13(19)23-4)12(18)9-7-5-6-8-10(9)17(21)22/h5-8,11-12,18H,1-4H3,(H,16,20)/t11-,12+/m1/s1. The van der Waals surface area contributed by atoms with Gasteiger partial charge in [0.1, 0.15) is 11.7 Å². The third-order valence-electron chi connectivity index (χ3n) is 2.90. The zero-order valence-corrected chi connectivity index (χ0v) is 13.8. The number of carbonyl (C=O) groups excluding carboxylic acids is 2. The molecule has 132 valence electrons. The van der Waals surface area contributed by atoms with E-state index in [1.54, 1.807) is 20.8 Å². The van der Waals surface area contributed by atoms with Crippen molar-refractivity contribution in [2.45, 2.75) is 38.5 Å². The zero-order valence-electron chi connectivity index (χ0n) is 13.8. The number of aliphatic hydroxyl groups is 1. The van der Waals surface area contributed by atoms with Gasteiger partial charge in [-0.25, -0.2) is 9.59 Å². The molecule has 1 aromatic rings. The maximum absolute atomic E-state index is 11.9. The number of nitrogens with zero attached hydrogens (tertiary/aromatic N) is 1. The maximum Gasteiger partial charge on any atom is 0.408 e. The van der Waals surface area contributed by atoms with Crippen LogP contribution < -0.4 is 5.32 Å². The number of nitro groups is 1. The number of rotatable bonds is 5. The van der Waals surface area contributed by atoms with E-state index in [4.69, 9.17) is 4.74 Å². The van der Waals surface area contributed by atoms with E-state index in [9.17, 15) is 24.8 Å². The lowest BCUT2D eigenvalue weighted by molar-refractivity contribution is -0.386. The number of nitro benzene ring substituents is 1. The molecule has 0 aliphatic heterocycles. The lowest BCUT2D eigenvalue weighted by Crippen LogP contribution is -2.47. The molecule has 0 aliphatic rings. The van der Waals surface area contributed by atoms with E-state index in [-0.39, 0.29) is 11.3 Å². The highest BCUT2D eigenvalue weighted by atomic mass is 16.6. The van der Waals surface area contributed by atoms with Crippen LogP contribution in [-0.2, 0) is 14.3 Å². The zero-order chi connectivity index (χ0) is 18.5. The number of ether oxygens (including phenoxy) is 2. The molecule has 0 fully saturated rings. The topological polar surface area (TPSA) is 128 Å². The van der Waals surface area contributed by atoms with Gasteiger partial charge in [-0.05, 0) is 26.8 Å². The Kier molecular flexibility index (Phi) is 6.24. The Morgan fingerprint density at radius 1 is 1.29 bits per heavy atom. The van der Waals surface area contributed by atoms with Crippen LogP contribution in [0.15, 0.2) is 24.3 Å². The third-order valence-corrected chi connectivity index (χ3v) is 2.90. The SMILES string of the molecule is COC(=O)[C@H](NC(=O)OC(C)(C)C)[C@@H](O)c1ccccc1[N+](=O)[O-]. The van der Waals surface area contributed by atoms with Gasteiger partial charge in [-0.2, -0.15) is 0 Å². The third kappa shape index (κ3) is 5.20. The number of aliphatic hydroxyl groups excluding tert-OH is 1. The molecule has 1 rings (SSSR count). The summed E-state index contributed by atoms with van der Waals surface area (Å²) >= 11 is 0. The molecule has 0 aliphatic carbocycles. The van der Waals surface area contributed by atoms with Gasteiger partial charge >= 0.3 is 12.1 Å². The Balaban J connectivity index is 3.11. The van der Waals surface area contributed by atoms with Crippen LogP contribution in [0.3, 0.4) is 0 Å². The fourth-order valence-electron chi connectivity index (χ4n) is 1.91. The average molecular weight is 340 g/mol. The number of amides is 1. The summed E-state index contributed by atoms with van der Waals surface area (Å²) in [6.07, 6.45) is -2.65. The van der Waals surface area contributed by atoms with Crippen molar-refractivity contribution in [3.63, 3.8) is 0 Å². The quantitative estimate of drug-likeness (QED) is 0.474. The van der Waals surface area contributed by atoms with E-state index in [0.29, 0.717) is 0 Å². The number of para-hydroxylation sites is 1. The number of esters is 1. The van der Waals surface area contributed by atoms with Crippen LogP contribution >= 0.6 is 0 Å². The molecular formula is C15H20N2O7. The van der Waals surface area contributed by atoms with Gasteiger partial charge in [-0.3, -0.25) is 10.1 Å². The molecule has 2 N–H and O–H groups in total. The van der Waals surface area contributed by atoms with Crippen molar-refractivity contribution in [2.75, 3.05) is 7.11 Å². The first-order valence-corrected chi connectivity index (χ1v) is 7.05. The Hall–Kier alpha value is -2.68. The highest BCUT2D eigenvalue weighted by Crippen LogP contribution is 2.27. The first-order chi connectivity index (χ1) is 11.1. The van der Waals surface area contributed by atoms with Crippen LogP contribution in [0.25, 0.3) is 0 Å². The summed E-state index contributed by atoms with van der Waals surface area (Å²) < 4.78 is 9.57. The van der Waals surface area contributed by atoms with Crippen molar-refractivity contribution in [2.24, 2.45) is 0 Å². The van der Waals surface area contributed by atoms with Crippen molar-refractivity contribution in [1.29, 1.82) is 0 Å². The molecule has 1 aromatic carbocycles. The Labute approximate surface area is 138 Å². The number of hydrogen-bond donors (Lipinski definition) is 2. The van der Waals surface area contributed by atoms with Crippen LogP contribution in [0.1, 0.15) is 32.4 Å². The molecule has 2 atom stereocenters. The molecule has 9 nitrogen and oxygen atoms in total. The van der Waals surface area contributed by atoms with E-state index >= 15 is 0 Å². The second-order valence-corrected chi connectivity index (χ2v) is 5.91. The first-order valence-electron chi connectivity index (χ1n) is 7.05. The minimum atomic E-state index is -1.69. The normalized spacial score (nSPS) is 13.5. The van der Waals surface area contributed by atoms with Crippen molar-refractivity contribution in [3.05, 3.63) is 39.9 Å². The van der Waals surface area contributed by atoms with E-state index < -0.39 is 34.7 Å². The molecule has 0 saturated heterocycles. The van der Waals surface area contributed by atoms with Crippen molar-refractivity contribution < 1.29 is 29.1 Å². The first kappa shape index (κ1) is 19.4.